The number of aryl methyl sites for hydroxylation is 2. The molecule has 71 heavy (non-hydrogen) atoms. The Morgan fingerprint density at radius 2 is 0.690 bits per heavy atom. The van der Waals surface area contributed by atoms with E-state index in [2.05, 4.69) is 59.0 Å². The predicted octanol–water partition coefficient (Wildman–Crippen LogP) is 10.9. The second-order valence-corrected chi connectivity index (χ2v) is 18.9. The van der Waals surface area contributed by atoms with Gasteiger partial charge < -0.3 is 0 Å². The van der Waals surface area contributed by atoms with Gasteiger partial charge in [0.1, 0.15) is 27.2 Å². The number of hydrogen-bond donors (Lipinski definition) is 0. The van der Waals surface area contributed by atoms with Crippen molar-refractivity contribution in [1.82, 2.24) is 29.6 Å². The van der Waals surface area contributed by atoms with Crippen LogP contribution in [0.5, 0.6) is 0 Å². The molecule has 0 radical (unpaired) electrons. The van der Waals surface area contributed by atoms with Gasteiger partial charge in [-0.25, -0.2) is 0 Å². The summed E-state index contributed by atoms with van der Waals surface area (Å²) in [4.78, 5) is 58.0. The molecule has 0 saturated carbocycles. The number of amides is 4. The van der Waals surface area contributed by atoms with Crippen molar-refractivity contribution in [3.63, 3.8) is 0 Å². The van der Waals surface area contributed by atoms with Gasteiger partial charge in [-0.1, -0.05) is 48.5 Å². The Labute approximate surface area is 394 Å². The first-order chi connectivity index (χ1) is 32.4. The zero-order chi connectivity index (χ0) is 53.8. The summed E-state index contributed by atoms with van der Waals surface area (Å²) in [6, 6.07) is 28.2. The third kappa shape index (κ3) is 16.1. The molecule has 16 heterocycles. The van der Waals surface area contributed by atoms with Crippen LogP contribution in [0, 0.1) is 34.0 Å². The minimum atomic E-state index is -10.7. The maximum absolute atomic E-state index is 13.9. The Morgan fingerprint density at radius 1 is 0.465 bits per heavy atom. The van der Waals surface area contributed by atoms with E-state index in [9.17, 15) is 69.5 Å². The Bertz CT molecular complexity index is 2900. The van der Waals surface area contributed by atoms with Crippen molar-refractivity contribution in [2.45, 2.75) is 47.0 Å². The third-order valence-electron chi connectivity index (χ3n) is 9.56. The summed E-state index contributed by atoms with van der Waals surface area (Å²) in [6.07, 6.45) is 3.67. The van der Waals surface area contributed by atoms with Crippen LogP contribution in [-0.2, 0) is 40.3 Å². The first-order valence-electron chi connectivity index (χ1n) is 19.8. The van der Waals surface area contributed by atoms with Crippen LogP contribution in [0.2, 0.25) is 0 Å². The van der Waals surface area contributed by atoms with Crippen molar-refractivity contribution in [2.24, 2.45) is 14.1 Å². The summed E-state index contributed by atoms with van der Waals surface area (Å²) in [5, 5.41) is 31.8. The number of halogens is 12. The topological polar surface area (TPSA) is 190 Å². The fraction of sp³-hybridized carbons (Fsp3) is 0.214. The summed E-state index contributed by atoms with van der Waals surface area (Å²) in [5.74, 6) is -1.96. The number of hydrogen-bond acceptors (Lipinski definition) is 9. The maximum atomic E-state index is 13.9. The van der Waals surface area contributed by atoms with Crippen molar-refractivity contribution in [1.29, 1.82) is 15.8 Å². The van der Waals surface area contributed by atoms with Crippen LogP contribution < -0.4 is 9.36 Å². The van der Waals surface area contributed by atoms with Crippen LogP contribution in [0.15, 0.2) is 85.2 Å². The monoisotopic (exact) mass is 1050 g/mol. The molecule has 6 aromatic rings. The van der Waals surface area contributed by atoms with Gasteiger partial charge in [-0.15, -0.1) is 18.7 Å². The molecule has 4 aromatic carbocycles. The van der Waals surface area contributed by atoms with Crippen molar-refractivity contribution >= 4 is 50.0 Å². The fourth-order valence-corrected chi connectivity index (χ4v) is 7.03. The van der Waals surface area contributed by atoms with Crippen LogP contribution in [0.1, 0.15) is 84.7 Å². The number of aromatic nitrogens is 6. The van der Waals surface area contributed by atoms with Gasteiger partial charge in [0.15, 0.2) is 23.8 Å². The molecule has 0 fully saturated rings. The average Bonchev–Trinajstić information content (AvgIpc) is 3.76. The Hall–Kier alpha value is -7.81. The van der Waals surface area contributed by atoms with E-state index in [0.717, 1.165) is 22.3 Å². The molecule has 20 rings (SSSR count). The summed E-state index contributed by atoms with van der Waals surface area (Å²) in [7, 11) is -17.8. The Morgan fingerprint density at radius 3 is 0.915 bits per heavy atom. The summed E-state index contributed by atoms with van der Waals surface area (Å²) >= 11 is 0. The molecule has 0 aliphatic carbocycles. The molecular weight excluding hydrogens is 1010 g/mol. The van der Waals surface area contributed by atoms with Gasteiger partial charge in [0.2, 0.25) is 0 Å². The van der Waals surface area contributed by atoms with Gasteiger partial charge in [-0.2, -0.15) is 15.8 Å². The average molecular weight is 1050 g/mol. The second-order valence-electron chi connectivity index (χ2n) is 15.1. The second kappa shape index (κ2) is 18.8. The number of nitriles is 3. The van der Waals surface area contributed by atoms with Gasteiger partial charge in [-0.3, -0.25) is 29.0 Å². The number of carbonyl (C=O) groups is 4. The van der Waals surface area contributed by atoms with Crippen molar-refractivity contribution < 1.29 is 78.9 Å². The summed E-state index contributed by atoms with van der Waals surface area (Å²) < 4.78 is 125. The Kier molecular flexibility index (Phi) is 14.8. The summed E-state index contributed by atoms with van der Waals surface area (Å²) in [6.45, 7) is 5.31. The molecular formula is C42H37F12N11O4P2. The van der Waals surface area contributed by atoms with Gasteiger partial charge >= 0.3 is 66.0 Å². The summed E-state index contributed by atoms with van der Waals surface area (Å²) in [5.41, 5.74) is 6.70. The van der Waals surface area contributed by atoms with Crippen LogP contribution in [0.25, 0.3) is 21.9 Å². The molecule has 2 aromatic heterocycles. The number of benzene rings is 4. The van der Waals surface area contributed by atoms with E-state index in [0.29, 0.717) is 35.2 Å². The van der Waals surface area contributed by atoms with E-state index < -0.39 is 39.2 Å². The molecule has 0 unspecified atom stereocenters. The molecule has 378 valence electrons. The molecule has 0 atom stereocenters. The molecule has 0 saturated heterocycles. The van der Waals surface area contributed by atoms with Crippen LogP contribution in [0.3, 0.4) is 0 Å². The zero-order valence-corrected chi connectivity index (χ0v) is 39.2. The molecule has 14 aliphatic heterocycles. The van der Waals surface area contributed by atoms with Crippen molar-refractivity contribution in [3.05, 3.63) is 130 Å². The van der Waals surface area contributed by atoms with Gasteiger partial charge in [0.05, 0.1) is 41.7 Å². The van der Waals surface area contributed by atoms with Crippen LogP contribution >= 0.6 is 15.6 Å². The molecule has 15 nitrogen and oxygen atoms in total. The van der Waals surface area contributed by atoms with E-state index in [1.54, 1.807) is 75.3 Å². The van der Waals surface area contributed by atoms with Crippen LogP contribution in [-0.4, -0.2) is 53.2 Å². The molecule has 0 spiro atoms. The number of imide groups is 2. The Balaban J connectivity index is 0.000000401. The number of nitrogens with zero attached hydrogens (tertiary/aromatic N) is 11. The predicted molar refractivity (Wildman–Crippen MR) is 230 cm³/mol. The van der Waals surface area contributed by atoms with E-state index in [4.69, 9.17) is 15.8 Å². The molecule has 14 aliphatic rings. The standard InChI is InChI=1S/C36H28N8O4.3C2H3N.2F6P/c1-39-25-17-41(37-39)15-21-3-7-23(8-4-21)24-9-5-22(6-10-24)16-42-18-26(40(2)38-42)20-44-35(47)29-13-11-27-31-28(34(46)43(19-25)33(27)45)12-14-30(32(29)31)36(44)48;3*1-2-3;2*1-7(2,3,4,5)6/h3-14,17-18H,15-16,19-20H2,1-2H3;3*1H3;;/q+2;;;;2*-1. The molecule has 16 bridgehead atoms. The van der Waals surface area contributed by atoms with Crippen LogP contribution in [0.4, 0.5) is 50.4 Å². The SMILES string of the molecule is CC#N.CC#N.CC#N.Cn1n[n+]2cc1CN1C(=O)c3ccc4c5c(ccc(c35)C1=O)C(=O)N(Cc1c[n+](nn1C)Cc1ccc(cc1)-c1ccc(cc1)C2)C4=O.F[P-](F)(F)(F)(F)F.F[P-](F)(F)(F)(F)F. The number of carbonyl (C=O) groups excluding carboxylic acids is 4. The van der Waals surface area contributed by atoms with E-state index >= 15 is 0 Å². The van der Waals surface area contributed by atoms with Crippen molar-refractivity contribution in [3.8, 4) is 29.3 Å². The minimum absolute atomic E-state index is 0.00384. The van der Waals surface area contributed by atoms with E-state index in [1.807, 2.05) is 12.4 Å². The van der Waals surface area contributed by atoms with Gasteiger partial charge in [-0.05, 0) is 46.5 Å². The first-order valence-corrected chi connectivity index (χ1v) is 23.8. The first kappa shape index (κ1) is 55.8. The van der Waals surface area contributed by atoms with Gasteiger partial charge in [0, 0.05) is 53.8 Å². The van der Waals surface area contributed by atoms with Gasteiger partial charge in [0.25, 0.3) is 23.6 Å². The fourth-order valence-electron chi connectivity index (χ4n) is 7.03. The normalized spacial score (nSPS) is 15.4. The molecule has 0 N–H and O–H groups in total. The molecule has 4 amide bonds. The molecule has 29 heteroatoms. The van der Waals surface area contributed by atoms with Crippen molar-refractivity contribution in [2.75, 3.05) is 0 Å². The number of rotatable bonds is 0. The zero-order valence-electron chi connectivity index (χ0n) is 37.4. The van der Waals surface area contributed by atoms with E-state index in [-0.39, 0.29) is 35.3 Å². The third-order valence-corrected chi connectivity index (χ3v) is 9.56. The van der Waals surface area contributed by atoms with E-state index in [1.165, 1.54) is 30.6 Å². The quantitative estimate of drug-likeness (QED) is 0.0617.